The van der Waals surface area contributed by atoms with Crippen molar-refractivity contribution in [2.24, 2.45) is 4.99 Å². The number of anilines is 1. The number of likely N-dealkylation sites (N-methyl/N-ethyl adjacent to an activating group) is 1. The molecule has 1 saturated carbocycles. The van der Waals surface area contributed by atoms with Gasteiger partial charge in [-0.1, -0.05) is 18.2 Å². The highest BCUT2D eigenvalue weighted by atomic mass is 16.3. The van der Waals surface area contributed by atoms with Crippen molar-refractivity contribution in [2.75, 3.05) is 26.0 Å². The van der Waals surface area contributed by atoms with E-state index in [1.54, 1.807) is 11.1 Å². The van der Waals surface area contributed by atoms with Crippen LogP contribution in [0.5, 0.6) is 0 Å². The second-order valence-electron chi connectivity index (χ2n) is 8.32. The first-order chi connectivity index (χ1) is 15.5. The number of dihydropyridines is 1. The van der Waals surface area contributed by atoms with Gasteiger partial charge >= 0.3 is 0 Å². The van der Waals surface area contributed by atoms with E-state index in [1.165, 1.54) is 6.34 Å². The van der Waals surface area contributed by atoms with Gasteiger partial charge in [0.2, 0.25) is 0 Å². The minimum atomic E-state index is -0.991. The van der Waals surface area contributed by atoms with Crippen molar-refractivity contribution in [1.82, 2.24) is 14.8 Å². The fraction of sp³-hybridized carbons (Fsp3) is 0.333. The van der Waals surface area contributed by atoms with E-state index in [0.29, 0.717) is 29.3 Å². The summed E-state index contributed by atoms with van der Waals surface area (Å²) in [5.74, 6) is 1.39. The summed E-state index contributed by atoms with van der Waals surface area (Å²) in [5, 5.41) is 29.9. The zero-order valence-corrected chi connectivity index (χ0v) is 18.4. The molecule has 2 aliphatic rings. The van der Waals surface area contributed by atoms with Crippen LogP contribution in [0.15, 0.2) is 59.7 Å². The van der Waals surface area contributed by atoms with Gasteiger partial charge in [0.1, 0.15) is 11.7 Å². The fourth-order valence-electron chi connectivity index (χ4n) is 3.70. The van der Waals surface area contributed by atoms with E-state index in [0.717, 1.165) is 24.2 Å². The van der Waals surface area contributed by atoms with Crippen LogP contribution >= 0.6 is 0 Å². The third-order valence-electron chi connectivity index (χ3n) is 5.68. The molecule has 1 aliphatic carbocycles. The first-order valence-electron chi connectivity index (χ1n) is 10.7. The van der Waals surface area contributed by atoms with Crippen LogP contribution in [0.4, 0.5) is 5.69 Å². The Balaban J connectivity index is 1.45. The third kappa shape index (κ3) is 4.86. The minimum Gasteiger partial charge on any atom is -0.368 e. The molecule has 1 aromatic carbocycles. The summed E-state index contributed by atoms with van der Waals surface area (Å²) in [7, 11) is 3.95. The molecule has 0 bridgehead atoms. The Morgan fingerprint density at radius 2 is 2.06 bits per heavy atom. The number of hydrogen-bond acceptors (Lipinski definition) is 7. The first-order valence-corrected chi connectivity index (χ1v) is 10.7. The van der Waals surface area contributed by atoms with Crippen LogP contribution in [0.25, 0.3) is 0 Å². The normalized spacial score (nSPS) is 18.5. The average molecular weight is 432 g/mol. The first kappa shape index (κ1) is 21.7. The van der Waals surface area contributed by atoms with Crippen LogP contribution in [-0.2, 0) is 0 Å². The van der Waals surface area contributed by atoms with Crippen molar-refractivity contribution in [3.8, 4) is 0 Å². The molecule has 0 amide bonds. The highest BCUT2D eigenvalue weighted by Gasteiger charge is 2.30. The number of nitrogens with one attached hydrogen (secondary N) is 3. The van der Waals surface area contributed by atoms with Gasteiger partial charge in [-0.25, -0.2) is 0 Å². The Kier molecular flexibility index (Phi) is 6.32. The lowest BCUT2D eigenvalue weighted by Crippen LogP contribution is -2.31. The largest absolute Gasteiger partial charge is 0.368 e. The summed E-state index contributed by atoms with van der Waals surface area (Å²) >= 11 is 0. The third-order valence-corrected chi connectivity index (χ3v) is 5.68. The molecule has 4 N–H and O–H groups in total. The van der Waals surface area contributed by atoms with E-state index >= 15 is 0 Å². The monoisotopic (exact) mass is 431 g/mol. The van der Waals surface area contributed by atoms with Crippen molar-refractivity contribution in [3.63, 3.8) is 0 Å². The lowest BCUT2D eigenvalue weighted by atomic mass is 9.97. The molecule has 1 aromatic heterocycles. The Hall–Kier alpha value is -3.52. The van der Waals surface area contributed by atoms with Crippen molar-refractivity contribution in [2.45, 2.75) is 31.0 Å². The molecular formula is C24H29N7O. The fourth-order valence-corrected chi connectivity index (χ4v) is 3.70. The molecule has 8 nitrogen and oxygen atoms in total. The van der Waals surface area contributed by atoms with Gasteiger partial charge < -0.3 is 20.2 Å². The Bertz CT molecular complexity index is 1060. The molecule has 0 spiro atoms. The molecule has 2 unspecified atom stereocenters. The van der Waals surface area contributed by atoms with E-state index < -0.39 is 6.23 Å². The Morgan fingerprint density at radius 1 is 1.25 bits per heavy atom. The summed E-state index contributed by atoms with van der Waals surface area (Å²) in [6.45, 7) is 0.658. The van der Waals surface area contributed by atoms with Crippen LogP contribution < -0.4 is 5.32 Å². The zero-order valence-electron chi connectivity index (χ0n) is 18.4. The van der Waals surface area contributed by atoms with Crippen LogP contribution in [-0.4, -0.2) is 64.6 Å². The Labute approximate surface area is 188 Å². The number of aromatic nitrogens is 1. The lowest BCUT2D eigenvalue weighted by Gasteiger charge is -2.21. The van der Waals surface area contributed by atoms with Crippen molar-refractivity contribution in [3.05, 3.63) is 71.6 Å². The van der Waals surface area contributed by atoms with Crippen molar-refractivity contribution in [1.29, 1.82) is 10.8 Å². The molecule has 4 rings (SSSR count). The SMILES string of the molecule is CN(C)C1=NCC(c2ccnc(C(O)Nc3cccc(C(=N)N(C=N)C4CC4)c3)c2)C=C1. The molecule has 1 fully saturated rings. The standard InChI is InChI=1S/C24H29N7O/c1-30(2)22-9-6-18(14-28-22)16-10-11-27-21(13-16)24(32)29-19-5-3-4-17(12-19)23(26)31(15-25)20-7-8-20/h3-6,9-13,15,18,20,24-26,29,32H,7-8,14H2,1-2H3. The summed E-state index contributed by atoms with van der Waals surface area (Å²) < 4.78 is 0. The van der Waals surface area contributed by atoms with Gasteiger partial charge in [0.15, 0.2) is 6.23 Å². The second kappa shape index (κ2) is 9.32. The van der Waals surface area contributed by atoms with Crippen LogP contribution in [0.3, 0.4) is 0 Å². The summed E-state index contributed by atoms with van der Waals surface area (Å²) in [5.41, 5.74) is 2.96. The maximum Gasteiger partial charge on any atom is 0.168 e. The quantitative estimate of drug-likeness (QED) is 0.306. The van der Waals surface area contributed by atoms with E-state index in [1.807, 2.05) is 61.5 Å². The summed E-state index contributed by atoms with van der Waals surface area (Å²) in [6.07, 6.45) is 8.10. The van der Waals surface area contributed by atoms with Crippen molar-refractivity contribution < 1.29 is 5.11 Å². The average Bonchev–Trinajstić information content (AvgIpc) is 3.65. The number of amidine groups is 2. The van der Waals surface area contributed by atoms with E-state index in [9.17, 15) is 5.11 Å². The van der Waals surface area contributed by atoms with Crippen LogP contribution in [0.1, 0.15) is 41.8 Å². The summed E-state index contributed by atoms with van der Waals surface area (Å²) in [4.78, 5) is 12.6. The number of aliphatic imine (C=N–C) groups is 1. The second-order valence-corrected chi connectivity index (χ2v) is 8.32. The predicted molar refractivity (Wildman–Crippen MR) is 128 cm³/mol. The topological polar surface area (TPSA) is 112 Å². The number of hydrogen-bond donors (Lipinski definition) is 4. The van der Waals surface area contributed by atoms with Gasteiger partial charge in [-0.2, -0.15) is 0 Å². The minimum absolute atomic E-state index is 0.144. The molecule has 1 aliphatic heterocycles. The Morgan fingerprint density at radius 3 is 2.72 bits per heavy atom. The van der Waals surface area contributed by atoms with Crippen LogP contribution in [0, 0.1) is 10.8 Å². The summed E-state index contributed by atoms with van der Waals surface area (Å²) in [6, 6.07) is 11.4. The highest BCUT2D eigenvalue weighted by Crippen LogP contribution is 2.28. The van der Waals surface area contributed by atoms with Crippen molar-refractivity contribution >= 4 is 23.7 Å². The van der Waals surface area contributed by atoms with Gasteiger partial charge in [-0.3, -0.25) is 20.8 Å². The molecule has 2 heterocycles. The zero-order chi connectivity index (χ0) is 22.7. The number of aliphatic hydroxyl groups is 1. The lowest BCUT2D eigenvalue weighted by molar-refractivity contribution is 0.203. The highest BCUT2D eigenvalue weighted by molar-refractivity contribution is 6.03. The van der Waals surface area contributed by atoms with E-state index in [4.69, 9.17) is 10.8 Å². The molecule has 32 heavy (non-hydrogen) atoms. The molecule has 0 radical (unpaired) electrons. The van der Waals surface area contributed by atoms with Gasteiger partial charge in [-0.05, 0) is 48.7 Å². The smallest absolute Gasteiger partial charge is 0.168 e. The molecular weight excluding hydrogens is 402 g/mol. The maximum absolute atomic E-state index is 10.8. The number of aliphatic hydroxyl groups excluding tert-OH is 1. The number of nitrogens with zero attached hydrogens (tertiary/aromatic N) is 4. The van der Waals surface area contributed by atoms with Gasteiger partial charge in [0.25, 0.3) is 0 Å². The van der Waals surface area contributed by atoms with Gasteiger partial charge in [-0.15, -0.1) is 0 Å². The van der Waals surface area contributed by atoms with E-state index in [-0.39, 0.29) is 12.0 Å². The molecule has 0 saturated heterocycles. The molecule has 166 valence electrons. The molecule has 2 aromatic rings. The van der Waals surface area contributed by atoms with E-state index in [2.05, 4.69) is 21.4 Å². The number of pyridine rings is 1. The van der Waals surface area contributed by atoms with Gasteiger partial charge in [0.05, 0.1) is 18.6 Å². The van der Waals surface area contributed by atoms with Gasteiger partial charge in [0, 0.05) is 43.5 Å². The molecule has 8 heteroatoms. The van der Waals surface area contributed by atoms with Crippen LogP contribution in [0.2, 0.25) is 0 Å². The number of benzene rings is 1. The maximum atomic E-state index is 10.8. The number of rotatable bonds is 7. The molecule has 2 atom stereocenters. The predicted octanol–water partition coefficient (Wildman–Crippen LogP) is 3.19.